The third-order valence-electron chi connectivity index (χ3n) is 6.92. The van der Waals surface area contributed by atoms with Gasteiger partial charge in [-0.05, 0) is 50.6 Å². The molecule has 3 fully saturated rings. The van der Waals surface area contributed by atoms with Gasteiger partial charge in [0.25, 0.3) is 0 Å². The van der Waals surface area contributed by atoms with Gasteiger partial charge in [-0.15, -0.1) is 0 Å². The molecule has 0 aliphatic carbocycles. The molecule has 4 rings (SSSR count). The molecular formula is C22H31ClN4O3. The summed E-state index contributed by atoms with van der Waals surface area (Å²) >= 11 is 6.04. The van der Waals surface area contributed by atoms with Crippen molar-refractivity contribution in [3.63, 3.8) is 0 Å². The monoisotopic (exact) mass is 434 g/mol. The first kappa shape index (κ1) is 21.4. The molecule has 2 atom stereocenters. The molecule has 3 amide bonds. The number of carbonyl (C=O) groups excluding carboxylic acids is 2. The number of amides is 3. The smallest absolute Gasteiger partial charge is 0.321 e. The molecule has 0 spiro atoms. The number of morpholine rings is 1. The van der Waals surface area contributed by atoms with Crippen LogP contribution in [0.5, 0.6) is 0 Å². The van der Waals surface area contributed by atoms with Crippen LogP contribution in [0.1, 0.15) is 26.2 Å². The van der Waals surface area contributed by atoms with Crippen molar-refractivity contribution in [1.82, 2.24) is 14.7 Å². The van der Waals surface area contributed by atoms with Crippen molar-refractivity contribution in [2.75, 3.05) is 57.8 Å². The van der Waals surface area contributed by atoms with Crippen LogP contribution in [0.2, 0.25) is 5.02 Å². The molecule has 0 unspecified atom stereocenters. The summed E-state index contributed by atoms with van der Waals surface area (Å²) in [5.41, 5.74) is 0.282. The molecule has 3 aliphatic rings. The van der Waals surface area contributed by atoms with E-state index in [1.807, 2.05) is 21.9 Å². The number of nitrogens with one attached hydrogen (secondary N) is 1. The Morgan fingerprint density at radius 1 is 1.13 bits per heavy atom. The van der Waals surface area contributed by atoms with Crippen molar-refractivity contribution in [2.24, 2.45) is 5.41 Å². The molecule has 30 heavy (non-hydrogen) atoms. The average molecular weight is 435 g/mol. The topological polar surface area (TPSA) is 65.1 Å². The van der Waals surface area contributed by atoms with E-state index in [9.17, 15) is 9.59 Å². The van der Waals surface area contributed by atoms with Gasteiger partial charge in [0.15, 0.2) is 0 Å². The Balaban J connectivity index is 1.50. The van der Waals surface area contributed by atoms with Crippen molar-refractivity contribution < 1.29 is 14.3 Å². The highest BCUT2D eigenvalue weighted by atomic mass is 35.5. The van der Waals surface area contributed by atoms with Crippen LogP contribution >= 0.6 is 11.6 Å². The van der Waals surface area contributed by atoms with Crippen LogP contribution in [0.3, 0.4) is 0 Å². The number of carbonyl (C=O) groups is 2. The SMILES string of the molecule is CCN1CC[C@@]2(C(=O)N3CCOCC3)CCN(C(=O)Nc3cccc(Cl)c3)CC[C@@H]12. The Labute approximate surface area is 183 Å². The molecule has 0 bridgehead atoms. The fraction of sp³-hybridized carbons (Fsp3) is 0.636. The summed E-state index contributed by atoms with van der Waals surface area (Å²) in [7, 11) is 0. The van der Waals surface area contributed by atoms with Crippen LogP contribution in [0.4, 0.5) is 10.5 Å². The van der Waals surface area contributed by atoms with E-state index in [1.165, 1.54) is 0 Å². The number of hydrogen-bond acceptors (Lipinski definition) is 4. The van der Waals surface area contributed by atoms with Crippen LogP contribution in [-0.2, 0) is 9.53 Å². The van der Waals surface area contributed by atoms with Gasteiger partial charge in [-0.1, -0.05) is 24.6 Å². The first-order chi connectivity index (χ1) is 14.5. The minimum Gasteiger partial charge on any atom is -0.378 e. The molecule has 8 heteroatoms. The lowest BCUT2D eigenvalue weighted by atomic mass is 9.75. The molecule has 7 nitrogen and oxygen atoms in total. The lowest BCUT2D eigenvalue weighted by molar-refractivity contribution is -0.148. The maximum absolute atomic E-state index is 13.7. The number of benzene rings is 1. The zero-order valence-electron chi connectivity index (χ0n) is 17.6. The Morgan fingerprint density at radius 2 is 1.90 bits per heavy atom. The number of rotatable bonds is 3. The molecule has 3 saturated heterocycles. The summed E-state index contributed by atoms with van der Waals surface area (Å²) in [4.78, 5) is 32.9. The number of nitrogens with zero attached hydrogens (tertiary/aromatic N) is 3. The molecule has 1 aromatic carbocycles. The van der Waals surface area contributed by atoms with Gasteiger partial charge in [0.1, 0.15) is 0 Å². The number of urea groups is 1. The van der Waals surface area contributed by atoms with Crippen LogP contribution in [0, 0.1) is 5.41 Å². The zero-order chi connectivity index (χ0) is 21.1. The molecule has 0 saturated carbocycles. The molecule has 1 aromatic rings. The molecule has 3 heterocycles. The van der Waals surface area contributed by atoms with E-state index in [-0.39, 0.29) is 18.0 Å². The van der Waals surface area contributed by atoms with Crippen molar-refractivity contribution in [1.29, 1.82) is 0 Å². The highest BCUT2D eigenvalue weighted by molar-refractivity contribution is 6.30. The van der Waals surface area contributed by atoms with Gasteiger partial charge < -0.3 is 19.9 Å². The minimum atomic E-state index is -0.404. The van der Waals surface area contributed by atoms with Gasteiger partial charge in [-0.25, -0.2) is 4.79 Å². The predicted octanol–water partition coefficient (Wildman–Crippen LogP) is 2.91. The standard InChI is InChI=1S/C22H31ClN4O3/c1-2-25-10-7-22(20(28)26-12-14-30-15-13-26)8-11-27(9-6-19(22)25)21(29)24-18-5-3-4-17(23)16-18/h3-5,16,19H,2,6-15H2,1H3,(H,24,29)/t19-,22-/m1/s1. The van der Waals surface area contributed by atoms with Gasteiger partial charge >= 0.3 is 6.03 Å². The van der Waals surface area contributed by atoms with E-state index < -0.39 is 5.41 Å². The van der Waals surface area contributed by atoms with Gasteiger partial charge in [0.05, 0.1) is 18.6 Å². The normalized spacial score (nSPS) is 27.5. The summed E-state index contributed by atoms with van der Waals surface area (Å²) < 4.78 is 5.45. The maximum Gasteiger partial charge on any atom is 0.321 e. The Hall–Kier alpha value is -1.83. The highest BCUT2D eigenvalue weighted by Gasteiger charge is 2.54. The number of fused-ring (bicyclic) bond motifs is 1. The highest BCUT2D eigenvalue weighted by Crippen LogP contribution is 2.45. The molecule has 1 N–H and O–H groups in total. The summed E-state index contributed by atoms with van der Waals surface area (Å²) in [6.45, 7) is 7.81. The second-order valence-corrected chi connectivity index (χ2v) is 8.86. The van der Waals surface area contributed by atoms with Crippen LogP contribution in [-0.4, -0.2) is 85.2 Å². The first-order valence-corrected chi connectivity index (χ1v) is 11.3. The summed E-state index contributed by atoms with van der Waals surface area (Å²) in [6, 6.07) is 7.23. The van der Waals surface area contributed by atoms with Crippen LogP contribution in [0.25, 0.3) is 0 Å². The second kappa shape index (κ2) is 9.12. The van der Waals surface area contributed by atoms with E-state index in [2.05, 4.69) is 17.1 Å². The third kappa shape index (κ3) is 4.15. The van der Waals surface area contributed by atoms with Crippen molar-refractivity contribution in [2.45, 2.75) is 32.2 Å². The van der Waals surface area contributed by atoms with Crippen molar-refractivity contribution >= 4 is 29.2 Å². The van der Waals surface area contributed by atoms with Gasteiger partial charge in [0.2, 0.25) is 5.91 Å². The lowest BCUT2D eigenvalue weighted by Gasteiger charge is -2.40. The quantitative estimate of drug-likeness (QED) is 0.794. The first-order valence-electron chi connectivity index (χ1n) is 11.0. The number of hydrogen-bond donors (Lipinski definition) is 1. The predicted molar refractivity (Wildman–Crippen MR) is 117 cm³/mol. The zero-order valence-corrected chi connectivity index (χ0v) is 18.4. The average Bonchev–Trinajstić information content (AvgIpc) is 3.00. The molecule has 0 aromatic heterocycles. The van der Waals surface area contributed by atoms with Gasteiger partial charge in [0, 0.05) is 42.9 Å². The van der Waals surface area contributed by atoms with Crippen molar-refractivity contribution in [3.8, 4) is 0 Å². The number of anilines is 1. The Kier molecular flexibility index (Phi) is 6.51. The van der Waals surface area contributed by atoms with E-state index in [0.717, 1.165) is 25.9 Å². The van der Waals surface area contributed by atoms with Gasteiger partial charge in [-0.3, -0.25) is 9.69 Å². The Morgan fingerprint density at radius 3 is 2.63 bits per heavy atom. The van der Waals surface area contributed by atoms with E-state index >= 15 is 0 Å². The number of likely N-dealkylation sites (tertiary alicyclic amines) is 2. The largest absolute Gasteiger partial charge is 0.378 e. The van der Waals surface area contributed by atoms with Crippen LogP contribution < -0.4 is 5.32 Å². The second-order valence-electron chi connectivity index (χ2n) is 8.42. The maximum atomic E-state index is 13.7. The summed E-state index contributed by atoms with van der Waals surface area (Å²) in [5.74, 6) is 0.254. The van der Waals surface area contributed by atoms with E-state index in [1.54, 1.807) is 12.1 Å². The van der Waals surface area contributed by atoms with Crippen molar-refractivity contribution in [3.05, 3.63) is 29.3 Å². The molecular weight excluding hydrogens is 404 g/mol. The fourth-order valence-electron chi connectivity index (χ4n) is 5.28. The molecule has 3 aliphatic heterocycles. The number of halogens is 1. The summed E-state index contributed by atoms with van der Waals surface area (Å²) in [6.07, 6.45) is 2.38. The lowest BCUT2D eigenvalue weighted by Crippen LogP contribution is -2.53. The molecule has 164 valence electrons. The summed E-state index contributed by atoms with van der Waals surface area (Å²) in [5, 5.41) is 3.54. The fourth-order valence-corrected chi connectivity index (χ4v) is 5.47. The third-order valence-corrected chi connectivity index (χ3v) is 7.15. The van der Waals surface area contributed by atoms with E-state index in [0.29, 0.717) is 56.5 Å². The van der Waals surface area contributed by atoms with Gasteiger partial charge in [-0.2, -0.15) is 0 Å². The number of ether oxygens (including phenoxy) is 1. The van der Waals surface area contributed by atoms with E-state index in [4.69, 9.17) is 16.3 Å². The Bertz CT molecular complexity index is 785. The molecule has 0 radical (unpaired) electrons. The minimum absolute atomic E-state index is 0.130. The van der Waals surface area contributed by atoms with Crippen LogP contribution in [0.15, 0.2) is 24.3 Å².